The van der Waals surface area contributed by atoms with Crippen LogP contribution in [0.5, 0.6) is 0 Å². The normalized spacial score (nSPS) is 17.6. The van der Waals surface area contributed by atoms with Gasteiger partial charge in [0.05, 0.1) is 6.61 Å². The summed E-state index contributed by atoms with van der Waals surface area (Å²) in [7, 11) is 0. The molecule has 1 fully saturated rings. The number of alkyl carbamates (subject to hydrolysis) is 1. The van der Waals surface area contributed by atoms with Crippen molar-refractivity contribution in [2.75, 3.05) is 24.6 Å². The maximum atomic E-state index is 11.8. The molecule has 1 aromatic heterocycles. The predicted octanol–water partition coefficient (Wildman–Crippen LogP) is 3.82. The van der Waals surface area contributed by atoms with Crippen molar-refractivity contribution in [3.05, 3.63) is 17.0 Å². The number of anilines is 1. The topological polar surface area (TPSA) is 67.3 Å². The number of aromatic nitrogens is 2. The van der Waals surface area contributed by atoms with Gasteiger partial charge in [0.15, 0.2) is 0 Å². The molecular weight excluding hydrogens is 340 g/mol. The van der Waals surface area contributed by atoms with Crippen LogP contribution in [0.25, 0.3) is 0 Å². The molecular formula is C18H29ClN4O2. The summed E-state index contributed by atoms with van der Waals surface area (Å²) >= 11 is 6.08. The number of carbonyl (C=O) groups excluding carboxylic acids is 1. The van der Waals surface area contributed by atoms with E-state index in [-0.39, 0.29) is 11.6 Å². The van der Waals surface area contributed by atoms with E-state index in [2.05, 4.69) is 27.1 Å². The van der Waals surface area contributed by atoms with E-state index in [0.717, 1.165) is 50.3 Å². The average Bonchev–Trinajstić information content (AvgIpc) is 2.98. The van der Waals surface area contributed by atoms with Gasteiger partial charge in [-0.2, -0.15) is 0 Å². The van der Waals surface area contributed by atoms with Crippen molar-refractivity contribution in [3.8, 4) is 0 Å². The lowest BCUT2D eigenvalue weighted by atomic mass is 10.1. The van der Waals surface area contributed by atoms with Gasteiger partial charge in [-0.25, -0.2) is 14.8 Å². The van der Waals surface area contributed by atoms with Crippen molar-refractivity contribution in [1.29, 1.82) is 0 Å². The molecule has 1 aliphatic heterocycles. The first kappa shape index (κ1) is 19.8. The van der Waals surface area contributed by atoms with Crippen LogP contribution in [-0.2, 0) is 11.2 Å². The molecule has 2 heterocycles. The third-order valence-electron chi connectivity index (χ3n) is 4.06. The zero-order chi connectivity index (χ0) is 18.4. The largest absolute Gasteiger partial charge is 0.449 e. The maximum Gasteiger partial charge on any atom is 0.407 e. The van der Waals surface area contributed by atoms with Crippen LogP contribution in [0.15, 0.2) is 6.07 Å². The van der Waals surface area contributed by atoms with Crippen molar-refractivity contribution in [2.24, 2.45) is 5.92 Å². The molecule has 25 heavy (non-hydrogen) atoms. The molecule has 0 bridgehead atoms. The summed E-state index contributed by atoms with van der Waals surface area (Å²) in [6.45, 7) is 10.1. The minimum atomic E-state index is -0.363. The second-order valence-corrected chi connectivity index (χ2v) is 8.00. The van der Waals surface area contributed by atoms with Gasteiger partial charge < -0.3 is 15.0 Å². The van der Waals surface area contributed by atoms with Gasteiger partial charge in [0.1, 0.15) is 5.82 Å². The number of halogens is 1. The first-order valence-corrected chi connectivity index (χ1v) is 9.38. The summed E-state index contributed by atoms with van der Waals surface area (Å²) in [6, 6.07) is 2.02. The van der Waals surface area contributed by atoms with Crippen LogP contribution in [0.4, 0.5) is 10.6 Å². The molecule has 0 aliphatic carbocycles. The molecule has 6 nitrogen and oxygen atoms in total. The zero-order valence-electron chi connectivity index (χ0n) is 15.6. The zero-order valence-corrected chi connectivity index (χ0v) is 16.4. The molecule has 1 saturated heterocycles. The number of nitrogens with zero attached hydrogens (tertiary/aromatic N) is 3. The highest BCUT2D eigenvalue weighted by Gasteiger charge is 2.26. The van der Waals surface area contributed by atoms with Crippen molar-refractivity contribution < 1.29 is 9.53 Å². The molecule has 0 unspecified atom stereocenters. The average molecular weight is 369 g/mol. The van der Waals surface area contributed by atoms with E-state index >= 15 is 0 Å². The molecule has 0 radical (unpaired) electrons. The van der Waals surface area contributed by atoms with Crippen LogP contribution in [-0.4, -0.2) is 41.3 Å². The molecule has 0 saturated carbocycles. The van der Waals surface area contributed by atoms with Crippen LogP contribution in [0.2, 0.25) is 5.28 Å². The standard InChI is InChI=1S/C18H29ClN4O2/c1-5-6-7-14-10-15(21-16(19)20-14)23-9-8-13(11-23)12-25-17(24)22-18(2,3)4/h10,13H,5-9,11-12H2,1-4H3,(H,22,24)/t13-/m0/s1. The highest BCUT2D eigenvalue weighted by molar-refractivity contribution is 6.28. The number of nitrogens with one attached hydrogen (secondary N) is 1. The van der Waals surface area contributed by atoms with E-state index in [9.17, 15) is 4.79 Å². The molecule has 7 heteroatoms. The second kappa shape index (κ2) is 8.70. The number of amides is 1. The van der Waals surface area contributed by atoms with Crippen molar-refractivity contribution in [2.45, 2.75) is 58.9 Å². The van der Waals surface area contributed by atoms with E-state index in [4.69, 9.17) is 16.3 Å². The lowest BCUT2D eigenvalue weighted by molar-refractivity contribution is 0.123. The number of hydrogen-bond acceptors (Lipinski definition) is 5. The van der Waals surface area contributed by atoms with Gasteiger partial charge in [-0.3, -0.25) is 0 Å². The minimum Gasteiger partial charge on any atom is -0.449 e. The molecule has 1 N–H and O–H groups in total. The Kier molecular flexibility index (Phi) is 6.87. The van der Waals surface area contributed by atoms with E-state index in [0.29, 0.717) is 17.8 Å². The van der Waals surface area contributed by atoms with Crippen molar-refractivity contribution in [1.82, 2.24) is 15.3 Å². The lowest BCUT2D eigenvalue weighted by Crippen LogP contribution is -2.41. The number of unbranched alkanes of at least 4 members (excludes halogenated alkanes) is 1. The monoisotopic (exact) mass is 368 g/mol. The predicted molar refractivity (Wildman–Crippen MR) is 100 cm³/mol. The molecule has 0 aromatic carbocycles. The fraction of sp³-hybridized carbons (Fsp3) is 0.722. The minimum absolute atomic E-state index is 0.286. The molecule has 0 spiro atoms. The third-order valence-corrected chi connectivity index (χ3v) is 4.23. The van der Waals surface area contributed by atoms with Crippen molar-refractivity contribution in [3.63, 3.8) is 0 Å². The molecule has 1 amide bonds. The Morgan fingerprint density at radius 1 is 1.44 bits per heavy atom. The van der Waals surface area contributed by atoms with Gasteiger partial charge in [0.2, 0.25) is 5.28 Å². The summed E-state index contributed by atoms with van der Waals surface area (Å²) in [6.07, 6.45) is 3.73. The summed E-state index contributed by atoms with van der Waals surface area (Å²) in [5.74, 6) is 1.17. The summed E-state index contributed by atoms with van der Waals surface area (Å²) in [5, 5.41) is 3.11. The Bertz CT molecular complexity index is 589. The SMILES string of the molecule is CCCCc1cc(N2CC[C@H](COC(=O)NC(C)(C)C)C2)nc(Cl)n1. The van der Waals surface area contributed by atoms with E-state index in [1.54, 1.807) is 0 Å². The van der Waals surface area contributed by atoms with Gasteiger partial charge >= 0.3 is 6.09 Å². The summed E-state index contributed by atoms with van der Waals surface area (Å²) in [5.41, 5.74) is 0.701. The first-order chi connectivity index (χ1) is 11.8. The number of carbonyl (C=O) groups is 1. The Balaban J connectivity index is 1.88. The molecule has 1 aromatic rings. The van der Waals surface area contributed by atoms with Gasteiger partial charge in [0.25, 0.3) is 0 Å². The van der Waals surface area contributed by atoms with Crippen LogP contribution in [0.1, 0.15) is 52.7 Å². The molecule has 140 valence electrons. The summed E-state index contributed by atoms with van der Waals surface area (Å²) in [4.78, 5) is 22.6. The van der Waals surface area contributed by atoms with Gasteiger partial charge in [0, 0.05) is 36.3 Å². The van der Waals surface area contributed by atoms with E-state index < -0.39 is 0 Å². The van der Waals surface area contributed by atoms with Crippen LogP contribution >= 0.6 is 11.6 Å². The van der Waals surface area contributed by atoms with Gasteiger partial charge in [-0.15, -0.1) is 0 Å². The molecule has 2 rings (SSSR count). The van der Waals surface area contributed by atoms with E-state index in [1.165, 1.54) is 0 Å². The lowest BCUT2D eigenvalue weighted by Gasteiger charge is -2.21. The first-order valence-electron chi connectivity index (χ1n) is 9.00. The summed E-state index contributed by atoms with van der Waals surface area (Å²) < 4.78 is 5.35. The van der Waals surface area contributed by atoms with Crippen LogP contribution in [0.3, 0.4) is 0 Å². The van der Waals surface area contributed by atoms with E-state index in [1.807, 2.05) is 26.8 Å². The smallest absolute Gasteiger partial charge is 0.407 e. The van der Waals surface area contributed by atoms with Gasteiger partial charge in [-0.05, 0) is 51.6 Å². The highest BCUT2D eigenvalue weighted by Crippen LogP contribution is 2.24. The molecule has 1 atom stereocenters. The Morgan fingerprint density at radius 2 is 2.20 bits per heavy atom. The fourth-order valence-electron chi connectivity index (χ4n) is 2.81. The quantitative estimate of drug-likeness (QED) is 0.773. The Hall–Kier alpha value is -1.56. The number of rotatable bonds is 6. The fourth-order valence-corrected chi connectivity index (χ4v) is 3.01. The van der Waals surface area contributed by atoms with Crippen molar-refractivity contribution >= 4 is 23.5 Å². The maximum absolute atomic E-state index is 11.8. The molecule has 1 aliphatic rings. The number of aryl methyl sites for hydroxylation is 1. The highest BCUT2D eigenvalue weighted by atomic mass is 35.5. The number of ether oxygens (including phenoxy) is 1. The van der Waals surface area contributed by atoms with Gasteiger partial charge in [-0.1, -0.05) is 13.3 Å². The number of hydrogen-bond donors (Lipinski definition) is 1. The Morgan fingerprint density at radius 3 is 2.88 bits per heavy atom. The van der Waals surface area contributed by atoms with Crippen LogP contribution < -0.4 is 10.2 Å². The van der Waals surface area contributed by atoms with Crippen LogP contribution in [0, 0.1) is 5.92 Å². The Labute approximate surface area is 155 Å². The second-order valence-electron chi connectivity index (χ2n) is 7.66. The third kappa shape index (κ3) is 6.69.